The van der Waals surface area contributed by atoms with E-state index in [1.165, 1.54) is 25.3 Å². The van der Waals surface area contributed by atoms with Crippen LogP contribution in [0.15, 0.2) is 18.2 Å². The fraction of sp³-hybridized carbons (Fsp3) is 0.647. The third kappa shape index (κ3) is 4.20. The summed E-state index contributed by atoms with van der Waals surface area (Å²) in [6, 6.07) is 4.97. The first-order valence-electron chi connectivity index (χ1n) is 7.61. The summed E-state index contributed by atoms with van der Waals surface area (Å²) in [6.45, 7) is 4.54. The van der Waals surface area contributed by atoms with Gasteiger partial charge in [0, 0.05) is 5.54 Å². The van der Waals surface area contributed by atoms with Crippen LogP contribution < -0.4 is 5.73 Å². The van der Waals surface area contributed by atoms with Crippen LogP contribution >= 0.6 is 11.6 Å². The molecular weight excluding hydrogens is 273 g/mol. The Bertz CT molecular complexity index is 460. The SMILES string of the molecule is CC(C)CC1CCCC(N)(Cc2ccc(F)c(Cl)c2)C1. The van der Waals surface area contributed by atoms with Gasteiger partial charge in [-0.3, -0.25) is 0 Å². The minimum absolute atomic E-state index is 0.154. The molecule has 1 aliphatic carbocycles. The molecule has 2 N–H and O–H groups in total. The lowest BCUT2D eigenvalue weighted by atomic mass is 9.71. The van der Waals surface area contributed by atoms with Gasteiger partial charge in [0.2, 0.25) is 0 Å². The van der Waals surface area contributed by atoms with Gasteiger partial charge >= 0.3 is 0 Å². The van der Waals surface area contributed by atoms with Crippen molar-refractivity contribution in [2.45, 2.75) is 57.9 Å². The third-order valence-corrected chi connectivity index (χ3v) is 4.62. The van der Waals surface area contributed by atoms with Crippen LogP contribution in [0.3, 0.4) is 0 Å². The Hall–Kier alpha value is -0.600. The first-order valence-corrected chi connectivity index (χ1v) is 7.98. The number of halogens is 2. The minimum Gasteiger partial charge on any atom is -0.325 e. The zero-order valence-electron chi connectivity index (χ0n) is 12.5. The molecule has 0 radical (unpaired) electrons. The van der Waals surface area contributed by atoms with E-state index in [1.54, 1.807) is 6.07 Å². The molecule has 0 aliphatic heterocycles. The smallest absolute Gasteiger partial charge is 0.141 e. The normalized spacial score (nSPS) is 27.0. The van der Waals surface area contributed by atoms with Gasteiger partial charge in [-0.1, -0.05) is 44.4 Å². The van der Waals surface area contributed by atoms with Crippen molar-refractivity contribution in [3.63, 3.8) is 0 Å². The van der Waals surface area contributed by atoms with Gasteiger partial charge in [0.15, 0.2) is 0 Å². The zero-order chi connectivity index (χ0) is 14.8. The lowest BCUT2D eigenvalue weighted by molar-refractivity contribution is 0.200. The molecule has 0 bridgehead atoms. The molecule has 1 nitrogen and oxygen atoms in total. The van der Waals surface area contributed by atoms with Gasteiger partial charge in [-0.25, -0.2) is 4.39 Å². The molecule has 0 amide bonds. The molecule has 20 heavy (non-hydrogen) atoms. The largest absolute Gasteiger partial charge is 0.325 e. The molecule has 2 unspecified atom stereocenters. The molecule has 112 valence electrons. The van der Waals surface area contributed by atoms with E-state index in [0.717, 1.165) is 36.7 Å². The van der Waals surface area contributed by atoms with Crippen molar-refractivity contribution in [2.24, 2.45) is 17.6 Å². The monoisotopic (exact) mass is 297 g/mol. The van der Waals surface area contributed by atoms with E-state index in [1.807, 2.05) is 6.07 Å². The van der Waals surface area contributed by atoms with E-state index in [-0.39, 0.29) is 16.4 Å². The van der Waals surface area contributed by atoms with Crippen molar-refractivity contribution in [1.82, 2.24) is 0 Å². The van der Waals surface area contributed by atoms with Crippen molar-refractivity contribution in [1.29, 1.82) is 0 Å². The van der Waals surface area contributed by atoms with Gasteiger partial charge in [0.25, 0.3) is 0 Å². The van der Waals surface area contributed by atoms with Crippen LogP contribution in [-0.2, 0) is 6.42 Å². The molecular formula is C17H25ClFN. The minimum atomic E-state index is -0.359. The Morgan fingerprint density at radius 2 is 2.20 bits per heavy atom. The molecule has 0 heterocycles. The summed E-state index contributed by atoms with van der Waals surface area (Å²) in [7, 11) is 0. The number of hydrogen-bond donors (Lipinski definition) is 1. The second-order valence-electron chi connectivity index (χ2n) is 6.88. The van der Waals surface area contributed by atoms with E-state index in [2.05, 4.69) is 13.8 Å². The standard InChI is InChI=1S/C17H25ClFN/c1-12(2)8-13-4-3-7-17(20,10-13)11-14-5-6-16(19)15(18)9-14/h5-6,9,12-13H,3-4,7-8,10-11,20H2,1-2H3. The first kappa shape index (κ1) is 15.8. The average molecular weight is 298 g/mol. The molecule has 3 heteroatoms. The summed E-state index contributed by atoms with van der Waals surface area (Å²) < 4.78 is 13.2. The van der Waals surface area contributed by atoms with Crippen molar-refractivity contribution >= 4 is 11.6 Å². The number of hydrogen-bond acceptors (Lipinski definition) is 1. The van der Waals surface area contributed by atoms with Gasteiger partial charge in [-0.15, -0.1) is 0 Å². The maximum Gasteiger partial charge on any atom is 0.141 e. The van der Waals surface area contributed by atoms with Crippen LogP contribution in [0.25, 0.3) is 0 Å². The molecule has 1 aliphatic rings. The van der Waals surface area contributed by atoms with Crippen LogP contribution in [0.1, 0.15) is 51.5 Å². The van der Waals surface area contributed by atoms with Gasteiger partial charge in [-0.05, 0) is 55.2 Å². The van der Waals surface area contributed by atoms with Crippen molar-refractivity contribution in [2.75, 3.05) is 0 Å². The summed E-state index contributed by atoms with van der Waals surface area (Å²) >= 11 is 5.86. The second-order valence-corrected chi connectivity index (χ2v) is 7.29. The van der Waals surface area contributed by atoms with E-state index in [0.29, 0.717) is 0 Å². The molecule has 2 atom stereocenters. The fourth-order valence-corrected chi connectivity index (χ4v) is 3.81. The zero-order valence-corrected chi connectivity index (χ0v) is 13.2. The highest BCUT2D eigenvalue weighted by Crippen LogP contribution is 2.36. The lowest BCUT2D eigenvalue weighted by Gasteiger charge is -2.39. The molecule has 1 aromatic rings. The number of benzene rings is 1. The Balaban J connectivity index is 2.04. The highest BCUT2D eigenvalue weighted by molar-refractivity contribution is 6.30. The van der Waals surface area contributed by atoms with Crippen LogP contribution in [0.5, 0.6) is 0 Å². The maximum atomic E-state index is 13.2. The van der Waals surface area contributed by atoms with Crippen LogP contribution in [0, 0.1) is 17.7 Å². The molecule has 0 spiro atoms. The first-order chi connectivity index (χ1) is 9.38. The van der Waals surface area contributed by atoms with Crippen molar-refractivity contribution in [3.05, 3.63) is 34.6 Å². The highest BCUT2D eigenvalue weighted by Gasteiger charge is 2.33. The predicted octanol–water partition coefficient (Wildman–Crippen LogP) is 4.96. The second kappa shape index (κ2) is 6.44. The highest BCUT2D eigenvalue weighted by atomic mass is 35.5. The summed E-state index contributed by atoms with van der Waals surface area (Å²) in [5.41, 5.74) is 7.50. The molecule has 0 aromatic heterocycles. The van der Waals surface area contributed by atoms with E-state index in [4.69, 9.17) is 17.3 Å². The van der Waals surface area contributed by atoms with Crippen LogP contribution in [0.4, 0.5) is 4.39 Å². The molecule has 1 fully saturated rings. The summed E-state index contributed by atoms with van der Waals surface area (Å²) in [4.78, 5) is 0. The topological polar surface area (TPSA) is 26.0 Å². The van der Waals surface area contributed by atoms with Crippen molar-refractivity contribution in [3.8, 4) is 0 Å². The fourth-order valence-electron chi connectivity index (χ4n) is 3.61. The Morgan fingerprint density at radius 1 is 1.45 bits per heavy atom. The van der Waals surface area contributed by atoms with Crippen LogP contribution in [0.2, 0.25) is 5.02 Å². The van der Waals surface area contributed by atoms with Gasteiger partial charge in [0.05, 0.1) is 5.02 Å². The van der Waals surface area contributed by atoms with Crippen molar-refractivity contribution < 1.29 is 4.39 Å². The number of rotatable bonds is 4. The molecule has 1 aromatic carbocycles. The molecule has 2 rings (SSSR count). The third-order valence-electron chi connectivity index (χ3n) is 4.33. The Labute approximate surface area is 126 Å². The van der Waals surface area contributed by atoms with Crippen LogP contribution in [-0.4, -0.2) is 5.54 Å². The summed E-state index contributed by atoms with van der Waals surface area (Å²) in [5, 5.41) is 0.195. The van der Waals surface area contributed by atoms with Gasteiger partial charge < -0.3 is 5.73 Å². The quantitative estimate of drug-likeness (QED) is 0.835. The number of nitrogens with two attached hydrogens (primary N) is 1. The van der Waals surface area contributed by atoms with E-state index < -0.39 is 0 Å². The summed E-state index contributed by atoms with van der Waals surface area (Å²) in [5.74, 6) is 1.09. The Morgan fingerprint density at radius 3 is 2.85 bits per heavy atom. The lowest BCUT2D eigenvalue weighted by Crippen LogP contribution is -2.46. The predicted molar refractivity (Wildman–Crippen MR) is 83.4 cm³/mol. The Kier molecular flexibility index (Phi) is 5.09. The van der Waals surface area contributed by atoms with Gasteiger partial charge in [0.1, 0.15) is 5.82 Å². The van der Waals surface area contributed by atoms with E-state index in [9.17, 15) is 4.39 Å². The molecule has 1 saturated carbocycles. The summed E-state index contributed by atoms with van der Waals surface area (Å²) in [6.07, 6.45) is 6.66. The van der Waals surface area contributed by atoms with E-state index >= 15 is 0 Å². The maximum absolute atomic E-state index is 13.2. The average Bonchev–Trinajstić information content (AvgIpc) is 2.32. The van der Waals surface area contributed by atoms with Gasteiger partial charge in [-0.2, -0.15) is 0 Å². The molecule has 0 saturated heterocycles.